The summed E-state index contributed by atoms with van der Waals surface area (Å²) in [6.07, 6.45) is 4.67. The number of hydrogen-bond donors (Lipinski definition) is 0. The number of nitrogens with zero attached hydrogens (tertiary/aromatic N) is 1. The van der Waals surface area contributed by atoms with Crippen LogP contribution in [0.4, 0.5) is 0 Å². The smallest absolute Gasteiger partial charge is 0.228 e. The van der Waals surface area contributed by atoms with Gasteiger partial charge in [-0.3, -0.25) is 4.79 Å². The Morgan fingerprint density at radius 3 is 2.70 bits per heavy atom. The zero-order valence-electron chi connectivity index (χ0n) is 16.9. The van der Waals surface area contributed by atoms with Crippen molar-refractivity contribution in [3.8, 4) is 5.75 Å². The highest BCUT2D eigenvalue weighted by molar-refractivity contribution is 5.84. The molecular weight excluding hydrogens is 338 g/mol. The minimum absolute atomic E-state index is 0.0762. The lowest BCUT2D eigenvalue weighted by molar-refractivity contribution is -0.231. The van der Waals surface area contributed by atoms with Crippen LogP contribution < -0.4 is 4.74 Å². The van der Waals surface area contributed by atoms with Crippen LogP contribution in [0, 0.1) is 23.7 Å². The summed E-state index contributed by atoms with van der Waals surface area (Å²) in [5, 5.41) is 0. The summed E-state index contributed by atoms with van der Waals surface area (Å²) < 4.78 is 12.3. The van der Waals surface area contributed by atoms with E-state index in [1.54, 1.807) is 7.11 Å². The lowest BCUT2D eigenvalue weighted by Gasteiger charge is -2.56. The molecule has 0 N–H and O–H groups in total. The van der Waals surface area contributed by atoms with Gasteiger partial charge in [0.25, 0.3) is 0 Å². The Morgan fingerprint density at radius 2 is 1.93 bits per heavy atom. The van der Waals surface area contributed by atoms with Crippen molar-refractivity contribution in [2.75, 3.05) is 7.11 Å². The van der Waals surface area contributed by atoms with E-state index in [1.807, 2.05) is 12.1 Å². The Kier molecular flexibility index (Phi) is 3.88. The second-order valence-corrected chi connectivity index (χ2v) is 9.72. The van der Waals surface area contributed by atoms with Crippen LogP contribution in [0.1, 0.15) is 57.9 Å². The fraction of sp³-hybridized carbons (Fsp3) is 0.696. The first kappa shape index (κ1) is 17.5. The first-order chi connectivity index (χ1) is 12.9. The number of carbonyl (C=O) groups excluding carboxylic acids is 1. The fourth-order valence-electron chi connectivity index (χ4n) is 6.53. The molecule has 146 valence electrons. The molecule has 1 aromatic rings. The number of benzene rings is 1. The summed E-state index contributed by atoms with van der Waals surface area (Å²) in [5.41, 5.74) is 1.12. The largest absolute Gasteiger partial charge is 0.496 e. The van der Waals surface area contributed by atoms with Gasteiger partial charge in [0.15, 0.2) is 0 Å². The molecule has 0 unspecified atom stereocenters. The highest BCUT2D eigenvalue weighted by Gasteiger charge is 2.66. The molecule has 2 saturated heterocycles. The topological polar surface area (TPSA) is 38.8 Å². The van der Waals surface area contributed by atoms with Gasteiger partial charge in [-0.15, -0.1) is 0 Å². The molecule has 4 nitrogen and oxygen atoms in total. The number of fused-ring (bicyclic) bond motifs is 4. The van der Waals surface area contributed by atoms with E-state index in [1.165, 1.54) is 18.4 Å². The summed E-state index contributed by atoms with van der Waals surface area (Å²) in [6.45, 7) is 6.89. The molecular formula is C23H31NO3. The number of methoxy groups -OCH3 is 1. The maximum absolute atomic E-state index is 13.3. The van der Waals surface area contributed by atoms with Gasteiger partial charge in [-0.05, 0) is 56.6 Å². The van der Waals surface area contributed by atoms with Crippen molar-refractivity contribution in [2.45, 2.75) is 70.2 Å². The van der Waals surface area contributed by atoms with E-state index < -0.39 is 0 Å². The Morgan fingerprint density at radius 1 is 1.15 bits per heavy atom. The van der Waals surface area contributed by atoms with Gasteiger partial charge in [0.1, 0.15) is 12.0 Å². The molecule has 4 fully saturated rings. The van der Waals surface area contributed by atoms with Gasteiger partial charge >= 0.3 is 0 Å². The molecule has 7 atom stereocenters. The van der Waals surface area contributed by atoms with E-state index in [0.29, 0.717) is 23.7 Å². The maximum atomic E-state index is 13.3. The van der Waals surface area contributed by atoms with Crippen molar-refractivity contribution >= 4 is 5.91 Å². The van der Waals surface area contributed by atoms with Gasteiger partial charge in [-0.2, -0.15) is 0 Å². The maximum Gasteiger partial charge on any atom is 0.228 e. The summed E-state index contributed by atoms with van der Waals surface area (Å²) in [7, 11) is 1.73. The lowest BCUT2D eigenvalue weighted by atomic mass is 9.62. The van der Waals surface area contributed by atoms with E-state index in [2.05, 4.69) is 37.8 Å². The molecule has 2 heterocycles. The molecule has 0 radical (unpaired) electrons. The van der Waals surface area contributed by atoms with Gasteiger partial charge in [-0.1, -0.05) is 31.5 Å². The standard InChI is InChI=1S/C23H31NO3/c1-13-9-10-17-19(11-13)27-22-20-15(14-7-5-6-8-18(14)26-4)12-16(20)21(25)24(22)23(17,2)3/h5-8,13,15-17,19-20,22H,9-12H2,1-4H3/t13-,15+,16-,17-,19-,20+,22+/m1/s1. The Balaban J connectivity index is 1.49. The summed E-state index contributed by atoms with van der Waals surface area (Å²) >= 11 is 0. The van der Waals surface area contributed by atoms with E-state index in [-0.39, 0.29) is 29.7 Å². The molecule has 4 heteroatoms. The first-order valence-corrected chi connectivity index (χ1v) is 10.5. The minimum Gasteiger partial charge on any atom is -0.496 e. The van der Waals surface area contributed by atoms with Gasteiger partial charge in [0.2, 0.25) is 5.91 Å². The third-order valence-corrected chi connectivity index (χ3v) is 8.01. The van der Waals surface area contributed by atoms with Crippen molar-refractivity contribution in [1.82, 2.24) is 4.90 Å². The fourth-order valence-corrected chi connectivity index (χ4v) is 6.53. The molecule has 0 aromatic heterocycles. The molecule has 4 aliphatic rings. The second kappa shape index (κ2) is 5.97. The molecule has 1 aromatic carbocycles. The van der Waals surface area contributed by atoms with Crippen molar-refractivity contribution in [1.29, 1.82) is 0 Å². The van der Waals surface area contributed by atoms with Crippen LogP contribution >= 0.6 is 0 Å². The average molecular weight is 370 g/mol. The number of amides is 1. The van der Waals surface area contributed by atoms with Crippen molar-refractivity contribution in [3.63, 3.8) is 0 Å². The van der Waals surface area contributed by atoms with E-state index in [9.17, 15) is 4.79 Å². The predicted molar refractivity (Wildman–Crippen MR) is 103 cm³/mol. The molecule has 2 saturated carbocycles. The average Bonchev–Trinajstić information content (AvgIpc) is 2.81. The minimum atomic E-state index is -0.118. The van der Waals surface area contributed by atoms with E-state index in [0.717, 1.165) is 18.6 Å². The predicted octanol–water partition coefficient (Wildman–Crippen LogP) is 4.20. The molecule has 2 aliphatic carbocycles. The zero-order valence-corrected chi connectivity index (χ0v) is 16.9. The van der Waals surface area contributed by atoms with Crippen LogP contribution in [0.2, 0.25) is 0 Å². The highest BCUT2D eigenvalue weighted by atomic mass is 16.5. The molecule has 1 amide bonds. The van der Waals surface area contributed by atoms with Gasteiger partial charge in [-0.25, -0.2) is 0 Å². The van der Waals surface area contributed by atoms with Gasteiger partial charge < -0.3 is 14.4 Å². The molecule has 27 heavy (non-hydrogen) atoms. The Bertz CT molecular complexity index is 760. The quantitative estimate of drug-likeness (QED) is 0.784. The van der Waals surface area contributed by atoms with Crippen molar-refractivity contribution in [2.24, 2.45) is 23.7 Å². The van der Waals surface area contributed by atoms with Crippen LogP contribution in [0.5, 0.6) is 5.75 Å². The Hall–Kier alpha value is -1.55. The Labute approximate surface area is 162 Å². The summed E-state index contributed by atoms with van der Waals surface area (Å²) in [5.74, 6) is 3.14. The van der Waals surface area contributed by atoms with E-state index in [4.69, 9.17) is 9.47 Å². The van der Waals surface area contributed by atoms with Gasteiger partial charge in [0, 0.05) is 23.3 Å². The number of ether oxygens (including phenoxy) is 2. The van der Waals surface area contributed by atoms with Crippen LogP contribution in [-0.2, 0) is 9.53 Å². The second-order valence-electron chi connectivity index (χ2n) is 9.72. The third kappa shape index (κ3) is 2.35. The first-order valence-electron chi connectivity index (χ1n) is 10.5. The zero-order chi connectivity index (χ0) is 18.9. The van der Waals surface area contributed by atoms with Crippen molar-refractivity contribution < 1.29 is 14.3 Å². The number of hydrogen-bond acceptors (Lipinski definition) is 3. The molecule has 0 spiro atoms. The highest BCUT2D eigenvalue weighted by Crippen LogP contribution is 2.61. The van der Waals surface area contributed by atoms with Crippen LogP contribution in [0.15, 0.2) is 24.3 Å². The number of para-hydroxylation sites is 1. The third-order valence-electron chi connectivity index (χ3n) is 8.01. The lowest BCUT2D eigenvalue weighted by Crippen LogP contribution is -2.64. The molecule has 0 bridgehead atoms. The van der Waals surface area contributed by atoms with Crippen LogP contribution in [0.3, 0.4) is 0 Å². The molecule has 2 aliphatic heterocycles. The normalized spacial score (nSPS) is 42.0. The number of rotatable bonds is 2. The van der Waals surface area contributed by atoms with E-state index >= 15 is 0 Å². The summed E-state index contributed by atoms with van der Waals surface area (Å²) in [6, 6.07) is 8.27. The SMILES string of the molecule is COc1ccccc1[C@@H]1C[C@H]2C(=O)N3[C@@H](O[C@@H]4C[C@H](C)CC[C@H]4C3(C)C)[C@H]21. The molecule has 5 rings (SSSR count). The van der Waals surface area contributed by atoms with Crippen LogP contribution in [0.25, 0.3) is 0 Å². The number of carbonyl (C=O) groups is 1. The monoisotopic (exact) mass is 369 g/mol. The van der Waals surface area contributed by atoms with Crippen molar-refractivity contribution in [3.05, 3.63) is 29.8 Å². The van der Waals surface area contributed by atoms with Crippen LogP contribution in [-0.4, -0.2) is 35.8 Å². The summed E-state index contributed by atoms with van der Waals surface area (Å²) in [4.78, 5) is 15.4. The van der Waals surface area contributed by atoms with Gasteiger partial charge in [0.05, 0.1) is 13.2 Å².